The second kappa shape index (κ2) is 11.0. The molecule has 0 saturated heterocycles. The average Bonchev–Trinajstić information content (AvgIpc) is 3.70. The highest BCUT2D eigenvalue weighted by molar-refractivity contribution is 7.91. The zero-order valence-electron chi connectivity index (χ0n) is 22.0. The highest BCUT2D eigenvalue weighted by atomic mass is 32.2. The lowest BCUT2D eigenvalue weighted by Crippen LogP contribution is -2.35. The van der Waals surface area contributed by atoms with Crippen molar-refractivity contribution in [3.8, 4) is 11.3 Å². The molecule has 14 heteroatoms. The van der Waals surface area contributed by atoms with Crippen molar-refractivity contribution in [2.24, 2.45) is 0 Å². The fraction of sp³-hybridized carbons (Fsp3) is 0.222. The fourth-order valence-electron chi connectivity index (χ4n) is 4.87. The van der Waals surface area contributed by atoms with Crippen LogP contribution in [-0.4, -0.2) is 53.6 Å². The monoisotopic (exact) mass is 599 g/mol. The maximum Gasteiger partial charge on any atom is 0.489 e. The van der Waals surface area contributed by atoms with Crippen LogP contribution >= 0.6 is 0 Å². The van der Waals surface area contributed by atoms with Crippen molar-refractivity contribution in [1.82, 2.24) is 5.32 Å². The smallest absolute Gasteiger partial charge is 0.489 e. The van der Waals surface area contributed by atoms with Crippen molar-refractivity contribution in [1.29, 1.82) is 0 Å². The van der Waals surface area contributed by atoms with Crippen LogP contribution in [0.2, 0.25) is 0 Å². The number of nitrogens with one attached hydrogen (secondary N) is 1. The van der Waals surface area contributed by atoms with Gasteiger partial charge in [0.05, 0.1) is 17.0 Å². The van der Waals surface area contributed by atoms with E-state index in [0.717, 1.165) is 41.1 Å². The van der Waals surface area contributed by atoms with Crippen LogP contribution in [-0.2, 0) is 27.6 Å². The third kappa shape index (κ3) is 5.79. The first-order valence-electron chi connectivity index (χ1n) is 12.5. The summed E-state index contributed by atoms with van der Waals surface area (Å²) >= 11 is -2.85. The van der Waals surface area contributed by atoms with Crippen molar-refractivity contribution < 1.29 is 40.8 Å². The molecule has 3 N–H and O–H groups in total. The van der Waals surface area contributed by atoms with Crippen LogP contribution in [0.1, 0.15) is 40.2 Å². The normalized spacial score (nSPS) is 14.2. The number of rotatable bonds is 9. The lowest BCUT2D eigenvalue weighted by Gasteiger charge is -2.28. The predicted octanol–water partition coefficient (Wildman–Crippen LogP) is 2.36. The van der Waals surface area contributed by atoms with Gasteiger partial charge in [0, 0.05) is 46.7 Å². The molecule has 4 aromatic rings. The van der Waals surface area contributed by atoms with E-state index in [-0.39, 0.29) is 34.9 Å². The number of carbonyl (C=O) groups is 1. The number of hydrogen-bond donors (Lipinski definition) is 3. The van der Waals surface area contributed by atoms with E-state index in [1.807, 2.05) is 6.07 Å². The molecule has 1 amide bonds. The number of anilines is 1. The van der Waals surface area contributed by atoms with Crippen LogP contribution in [0, 0.1) is 5.82 Å². The molecule has 1 saturated carbocycles. The van der Waals surface area contributed by atoms with E-state index in [1.165, 1.54) is 37.4 Å². The SMILES string of the molecule is CNC(=O)c1c(-c2ccc(F)cc2)oc2cc(CN(c3ccc(B(O)O)c(S(C)(=O)=O)c3)S(=O)[O-])c(C3CC3)cc12. The van der Waals surface area contributed by atoms with Gasteiger partial charge in [-0.3, -0.25) is 13.3 Å². The number of halogens is 1. The van der Waals surface area contributed by atoms with Crippen LogP contribution in [0.5, 0.6) is 0 Å². The van der Waals surface area contributed by atoms with Gasteiger partial charge in [0.2, 0.25) is 0 Å². The summed E-state index contributed by atoms with van der Waals surface area (Å²) in [5, 5.41) is 22.4. The summed E-state index contributed by atoms with van der Waals surface area (Å²) in [5.74, 6) is -0.495. The standard InChI is InChI=1S/C27H26BFN2O8S2/c1-30-27(32)25-21-13-20(15-3-4-15)17(11-23(21)39-26(25)16-5-7-18(29)8-6-16)14-31(40(35)36)19-9-10-22(28(33)34)24(12-19)41(2,37)38/h5-13,15,33-34H,3-4,14H2,1-2H3,(H,30,32)(H,35,36)/p-1. The first-order chi connectivity index (χ1) is 19.4. The summed E-state index contributed by atoms with van der Waals surface area (Å²) in [5.41, 5.74) is 2.19. The van der Waals surface area contributed by atoms with E-state index in [0.29, 0.717) is 22.1 Å². The average molecular weight is 599 g/mol. The third-order valence-corrected chi connectivity index (χ3v) is 8.84. The Hall–Kier alpha value is -3.56. The van der Waals surface area contributed by atoms with Crippen molar-refractivity contribution in [3.05, 3.63) is 77.1 Å². The molecule has 0 bridgehead atoms. The van der Waals surface area contributed by atoms with Gasteiger partial charge in [-0.15, -0.1) is 0 Å². The molecule has 10 nitrogen and oxygen atoms in total. The van der Waals surface area contributed by atoms with Gasteiger partial charge in [-0.25, -0.2) is 12.8 Å². The number of hydrogen-bond acceptors (Lipinski definition) is 8. The Bertz CT molecular complexity index is 1790. The molecule has 0 aliphatic heterocycles. The Balaban J connectivity index is 1.65. The molecule has 1 aromatic heterocycles. The maximum absolute atomic E-state index is 13.6. The molecular weight excluding hydrogens is 574 g/mol. The summed E-state index contributed by atoms with van der Waals surface area (Å²) < 4.78 is 70.2. The minimum absolute atomic E-state index is 0.00231. The van der Waals surface area contributed by atoms with E-state index in [9.17, 15) is 36.4 Å². The largest absolute Gasteiger partial charge is 0.755 e. The molecule has 1 unspecified atom stereocenters. The lowest BCUT2D eigenvalue weighted by atomic mass is 9.80. The van der Waals surface area contributed by atoms with Crippen molar-refractivity contribution in [2.45, 2.75) is 30.2 Å². The van der Waals surface area contributed by atoms with E-state index < -0.39 is 44.8 Å². The molecule has 1 fully saturated rings. The van der Waals surface area contributed by atoms with Gasteiger partial charge in [0.1, 0.15) is 17.2 Å². The van der Waals surface area contributed by atoms with Crippen LogP contribution in [0.4, 0.5) is 10.1 Å². The summed E-state index contributed by atoms with van der Waals surface area (Å²) in [6.07, 6.45) is 2.60. The van der Waals surface area contributed by atoms with Gasteiger partial charge in [0.15, 0.2) is 9.84 Å². The number of benzene rings is 3. The number of fused-ring (bicyclic) bond motifs is 1. The zero-order chi connectivity index (χ0) is 29.6. The lowest BCUT2D eigenvalue weighted by molar-refractivity contribution is 0.0964. The summed E-state index contributed by atoms with van der Waals surface area (Å²) in [7, 11) is -4.53. The second-order valence-corrected chi connectivity index (χ2v) is 12.7. The Morgan fingerprint density at radius 3 is 2.41 bits per heavy atom. The molecule has 3 aromatic carbocycles. The van der Waals surface area contributed by atoms with E-state index in [4.69, 9.17) is 4.42 Å². The Morgan fingerprint density at radius 1 is 1.17 bits per heavy atom. The molecule has 5 rings (SSSR count). The topological polar surface area (TPSA) is 160 Å². The number of nitrogens with zero attached hydrogens (tertiary/aromatic N) is 1. The zero-order valence-corrected chi connectivity index (χ0v) is 23.6. The molecule has 214 valence electrons. The molecule has 0 spiro atoms. The van der Waals surface area contributed by atoms with Crippen LogP contribution in [0.15, 0.2) is 63.9 Å². The molecule has 0 radical (unpaired) electrons. The first kappa shape index (κ1) is 29.0. The molecule has 1 aliphatic rings. The van der Waals surface area contributed by atoms with E-state index in [2.05, 4.69) is 5.32 Å². The van der Waals surface area contributed by atoms with Gasteiger partial charge in [-0.2, -0.15) is 0 Å². The molecule has 1 heterocycles. The summed E-state index contributed by atoms with van der Waals surface area (Å²) in [4.78, 5) is 12.5. The number of sulfone groups is 1. The molecule has 1 atom stereocenters. The van der Waals surface area contributed by atoms with Crippen molar-refractivity contribution in [3.63, 3.8) is 0 Å². The van der Waals surface area contributed by atoms with Gasteiger partial charge >= 0.3 is 7.12 Å². The highest BCUT2D eigenvalue weighted by Crippen LogP contribution is 2.45. The van der Waals surface area contributed by atoms with Crippen molar-refractivity contribution in [2.75, 3.05) is 17.6 Å². The summed E-state index contributed by atoms with van der Waals surface area (Å²) in [6.45, 7) is -0.190. The summed E-state index contributed by atoms with van der Waals surface area (Å²) in [6, 6.07) is 12.5. The minimum atomic E-state index is -3.94. The first-order valence-corrected chi connectivity index (χ1v) is 15.5. The van der Waals surface area contributed by atoms with Crippen LogP contribution in [0.3, 0.4) is 0 Å². The van der Waals surface area contributed by atoms with Crippen molar-refractivity contribution >= 4 is 56.2 Å². The number of amides is 1. The fourth-order valence-corrected chi connectivity index (χ4v) is 6.33. The highest BCUT2D eigenvalue weighted by Gasteiger charge is 2.31. The van der Waals surface area contributed by atoms with E-state index in [1.54, 1.807) is 6.07 Å². The molecule has 41 heavy (non-hydrogen) atoms. The number of furan rings is 1. The molecule has 1 aliphatic carbocycles. The minimum Gasteiger partial charge on any atom is -0.755 e. The Labute approximate surface area is 238 Å². The maximum atomic E-state index is 13.6. The van der Waals surface area contributed by atoms with E-state index >= 15 is 0 Å². The Kier molecular flexibility index (Phi) is 7.79. The van der Waals surface area contributed by atoms with Crippen LogP contribution < -0.4 is 15.1 Å². The second-order valence-electron chi connectivity index (χ2n) is 9.84. The predicted molar refractivity (Wildman–Crippen MR) is 151 cm³/mol. The van der Waals surface area contributed by atoms with Gasteiger partial charge in [-0.1, -0.05) is 6.07 Å². The number of carbonyl (C=O) groups excluding carboxylic acids is 1. The molecular formula is C27H25BFN2O8S2-. The Morgan fingerprint density at radius 2 is 1.85 bits per heavy atom. The van der Waals surface area contributed by atoms with Gasteiger partial charge in [-0.05, 0) is 78.4 Å². The van der Waals surface area contributed by atoms with Gasteiger partial charge in [0.25, 0.3) is 5.91 Å². The third-order valence-electron chi connectivity index (χ3n) is 6.98. The van der Waals surface area contributed by atoms with Gasteiger partial charge < -0.3 is 24.3 Å². The quantitative estimate of drug-likeness (QED) is 0.195. The van der Waals surface area contributed by atoms with Crippen LogP contribution in [0.25, 0.3) is 22.3 Å².